The van der Waals surface area contributed by atoms with E-state index in [1.807, 2.05) is 89.6 Å². The Hall–Kier alpha value is -10.1. The standard InChI is InChI=1S/C40H40FN9O4.C21H17F2N5.C19H24N4O4.FH.K/c41-29-8-2-6-27(22-29)31-10-4-16-48(31)37-14-13-35-42-23-33(50(35)45-37)30-9-3-11-36(43-30)47-19-17-46(18-20-47)24-26-5-1-7-28(21-26)34-25-49(40(53)54-34)32-12-15-38(51)44-39(32)52;22-15-5-1-4-14(12-15)17-7-3-11-27(17)21-10-9-20-24-13-18(28(20)26-21)16-6-2-8-19(23)25-16;24-17-5-4-15(18(25)21-17)23-12-16(27-19(23)26)14-3-1-2-13(10-14)11-22-8-6-20-7-9-22;;/h1-3,5-9,11,13-14,21-23,31-32,34H,4,10,12,15-20,24-25H2,(H,44,51,52);1-2,4-6,8-10,12-13,17H,3,7,11H2;1-3,10,15-16,20H,4-9,11-12H2,(H,21,24,25);1H;/q;;;;+1/p-1/t31-,32?,34-;17-;15?,16-;;/m111../s1. The summed E-state index contributed by atoms with van der Waals surface area (Å²) >= 11 is 0. The van der Waals surface area contributed by atoms with Crippen LogP contribution in [0.5, 0.6) is 0 Å². The van der Waals surface area contributed by atoms with Crippen molar-refractivity contribution in [3.05, 3.63) is 221 Å². The zero-order valence-corrected chi connectivity index (χ0v) is 64.3. The van der Waals surface area contributed by atoms with Crippen molar-refractivity contribution in [2.24, 2.45) is 0 Å². The molecule has 0 radical (unpaired) electrons. The number of carbonyl (C=O) groups excluding carboxylic acids is 6. The molecule has 8 fully saturated rings. The fourth-order valence-electron chi connectivity index (χ4n) is 16.0. The van der Waals surface area contributed by atoms with Gasteiger partial charge in [0.25, 0.3) is 0 Å². The zero-order valence-electron chi connectivity index (χ0n) is 61.2. The third kappa shape index (κ3) is 17.5. The van der Waals surface area contributed by atoms with Crippen LogP contribution in [-0.4, -0.2) is 185 Å². The Balaban J connectivity index is 0.000000151. The number of fused-ring (bicyclic) bond motifs is 2. The van der Waals surface area contributed by atoms with Gasteiger partial charge in [0.15, 0.2) is 11.3 Å². The molecule has 6 amide bonds. The number of halogens is 4. The number of amides is 6. The summed E-state index contributed by atoms with van der Waals surface area (Å²) < 4.78 is 56.1. The number of benzene rings is 4. The number of hydrogen-bond donors (Lipinski definition) is 3. The number of anilines is 3. The average Bonchev–Trinajstić information content (AvgIpc) is 1.65. The molecule has 568 valence electrons. The zero-order chi connectivity index (χ0) is 74.7. The number of carbonyl (C=O) groups is 6. The molecule has 3 N–H and O–H groups in total. The third-order valence-corrected chi connectivity index (χ3v) is 21.4. The van der Waals surface area contributed by atoms with E-state index in [9.17, 15) is 41.9 Å². The first kappa shape index (κ1) is 77.6. The summed E-state index contributed by atoms with van der Waals surface area (Å²) in [5, 5.41) is 17.7. The summed E-state index contributed by atoms with van der Waals surface area (Å²) in [7, 11) is 0. The van der Waals surface area contributed by atoms with Gasteiger partial charge in [-0.25, -0.2) is 47.3 Å². The molecular weight excluding hydrogens is 1460 g/mol. The molecular formula is C80H81F4KN18O8. The average molecular weight is 1540 g/mol. The Morgan fingerprint density at radius 3 is 1.39 bits per heavy atom. The van der Waals surface area contributed by atoms with Crippen molar-refractivity contribution < 1.29 is 108 Å². The third-order valence-electron chi connectivity index (χ3n) is 21.4. The number of hydrogen-bond acceptors (Lipinski definition) is 20. The largest absolute Gasteiger partial charge is 1.00 e. The first-order chi connectivity index (χ1) is 53.1. The predicted octanol–water partition coefficient (Wildman–Crippen LogP) is 3.70. The van der Waals surface area contributed by atoms with E-state index in [-0.39, 0.29) is 111 Å². The van der Waals surface area contributed by atoms with Crippen LogP contribution < -0.4 is 86.7 Å². The van der Waals surface area contributed by atoms with Crippen LogP contribution in [0.4, 0.5) is 40.2 Å². The summed E-state index contributed by atoms with van der Waals surface area (Å²) in [6, 6.07) is 47.0. The number of aromatic nitrogens is 8. The van der Waals surface area contributed by atoms with E-state index >= 15 is 0 Å². The molecule has 6 aromatic heterocycles. The van der Waals surface area contributed by atoms with Gasteiger partial charge in [-0.05, 0) is 145 Å². The predicted molar refractivity (Wildman–Crippen MR) is 397 cm³/mol. The number of piperidine rings is 2. The first-order valence-electron chi connectivity index (χ1n) is 37.2. The van der Waals surface area contributed by atoms with Crippen molar-refractivity contribution in [2.45, 2.75) is 101 Å². The van der Waals surface area contributed by atoms with Gasteiger partial charge in [0.05, 0.1) is 49.0 Å². The number of ether oxygens (including phenoxy) is 2. The van der Waals surface area contributed by atoms with Crippen molar-refractivity contribution in [3.63, 3.8) is 0 Å². The topological polar surface area (TPSA) is 266 Å². The molecule has 111 heavy (non-hydrogen) atoms. The minimum absolute atomic E-state index is 0. The van der Waals surface area contributed by atoms with E-state index < -0.39 is 54.2 Å². The van der Waals surface area contributed by atoms with E-state index in [1.54, 1.807) is 47.1 Å². The molecule has 8 aliphatic rings. The Kier molecular flexibility index (Phi) is 24.2. The smallest absolute Gasteiger partial charge is 1.00 e. The minimum atomic E-state index is -0.694. The van der Waals surface area contributed by atoms with Crippen LogP contribution >= 0.6 is 0 Å². The molecule has 8 saturated heterocycles. The van der Waals surface area contributed by atoms with Gasteiger partial charge in [0.2, 0.25) is 29.6 Å². The van der Waals surface area contributed by atoms with Crippen molar-refractivity contribution in [1.29, 1.82) is 0 Å². The van der Waals surface area contributed by atoms with Gasteiger partial charge in [0, 0.05) is 91.4 Å². The summed E-state index contributed by atoms with van der Waals surface area (Å²) in [5.41, 5.74) is 10.1. The molecule has 8 aliphatic heterocycles. The van der Waals surface area contributed by atoms with E-state index in [0.717, 1.165) is 167 Å². The second-order valence-electron chi connectivity index (χ2n) is 28.5. The van der Waals surface area contributed by atoms with Crippen LogP contribution in [0.15, 0.2) is 170 Å². The van der Waals surface area contributed by atoms with Gasteiger partial charge in [0.1, 0.15) is 64.8 Å². The number of nitrogens with zero attached hydrogens (tertiary/aromatic N) is 15. The number of pyridine rings is 2. The van der Waals surface area contributed by atoms with Gasteiger partial charge in [-0.15, -0.1) is 10.2 Å². The molecule has 0 saturated carbocycles. The van der Waals surface area contributed by atoms with Gasteiger partial charge in [-0.3, -0.25) is 49.4 Å². The van der Waals surface area contributed by atoms with E-state index in [1.165, 1.54) is 33.6 Å². The van der Waals surface area contributed by atoms with E-state index in [0.29, 0.717) is 36.4 Å². The van der Waals surface area contributed by atoms with Crippen LogP contribution in [-0.2, 0) is 41.7 Å². The van der Waals surface area contributed by atoms with Gasteiger partial charge < -0.3 is 34.2 Å². The SMILES string of the molecule is Fc1cccc([C@H]2CCCN2c2ccc3ncc(-c4cccc(F)n4)n3n2)c1.O=C1CCC(N2C[C@H](c3cccc(CN4CCN(c5cccc(-c6cnc7ccc(N8CCC[C@@H]8c8cccc(F)c8)nn67)n5)CC4)c3)OC2=O)C(=O)N1.O=C1CCC(N2C[C@H](c3cccc(CN4CCNCC4)c3)OC2=O)C(=O)N1.[F-].[K+]. The van der Waals surface area contributed by atoms with Gasteiger partial charge in [-0.2, -0.15) is 4.39 Å². The monoisotopic (exact) mass is 1540 g/mol. The van der Waals surface area contributed by atoms with Crippen LogP contribution in [0.3, 0.4) is 0 Å². The molecule has 31 heteroatoms. The fraction of sp³-hybridized carbons (Fsp3) is 0.350. The fourth-order valence-corrected chi connectivity index (χ4v) is 16.0. The van der Waals surface area contributed by atoms with Crippen molar-refractivity contribution in [1.82, 2.24) is 74.7 Å². The maximum Gasteiger partial charge on any atom is 1.00 e. The Morgan fingerprint density at radius 2 is 0.901 bits per heavy atom. The van der Waals surface area contributed by atoms with Crippen LogP contribution in [0.25, 0.3) is 34.1 Å². The second-order valence-corrected chi connectivity index (χ2v) is 28.5. The van der Waals surface area contributed by atoms with Gasteiger partial charge in [-0.1, -0.05) is 84.9 Å². The molecule has 0 bridgehead atoms. The summed E-state index contributed by atoms with van der Waals surface area (Å²) in [6.45, 7) is 11.2. The molecule has 18 rings (SSSR count). The molecule has 2 unspecified atom stereocenters. The maximum atomic E-state index is 14.1. The molecule has 0 spiro atoms. The number of imidazole rings is 2. The number of piperazine rings is 2. The summed E-state index contributed by atoms with van der Waals surface area (Å²) in [6.07, 6.45) is 6.52. The van der Waals surface area contributed by atoms with E-state index in [4.69, 9.17) is 24.7 Å². The number of imide groups is 2. The molecule has 10 aromatic rings. The van der Waals surface area contributed by atoms with E-state index in [2.05, 4.69) is 79.7 Å². The number of cyclic esters (lactones) is 2. The maximum absolute atomic E-state index is 14.1. The van der Waals surface area contributed by atoms with Crippen LogP contribution in [0.1, 0.15) is 109 Å². The van der Waals surface area contributed by atoms with Crippen LogP contribution in [0.2, 0.25) is 0 Å². The quantitative estimate of drug-likeness (QED) is 0.0572. The number of rotatable bonds is 15. The minimum Gasteiger partial charge on any atom is -1.00 e. The van der Waals surface area contributed by atoms with Crippen molar-refractivity contribution in [2.75, 3.05) is 93.2 Å². The molecule has 0 aliphatic carbocycles. The van der Waals surface area contributed by atoms with Crippen molar-refractivity contribution in [3.8, 4) is 22.8 Å². The normalized spacial score (nSPS) is 21.6. The Bertz CT molecular complexity index is 5080. The summed E-state index contributed by atoms with van der Waals surface area (Å²) in [4.78, 5) is 105. The Morgan fingerprint density at radius 1 is 0.441 bits per heavy atom. The van der Waals surface area contributed by atoms with Crippen molar-refractivity contribution >= 4 is 64.6 Å². The molecule has 6 atom stereocenters. The van der Waals surface area contributed by atoms with Crippen LogP contribution in [0, 0.1) is 17.6 Å². The number of nitrogens with one attached hydrogen (secondary N) is 3. The molecule has 26 nitrogen and oxygen atoms in total. The second kappa shape index (κ2) is 34.6. The summed E-state index contributed by atoms with van der Waals surface area (Å²) in [5.74, 6) is 0.0121. The molecule has 4 aromatic carbocycles. The van der Waals surface area contributed by atoms with Gasteiger partial charge >= 0.3 is 63.6 Å². The Labute approximate surface area is 679 Å². The molecule has 14 heterocycles. The first-order valence-corrected chi connectivity index (χ1v) is 37.2.